The third-order valence-corrected chi connectivity index (χ3v) is 4.08. The van der Waals surface area contributed by atoms with Gasteiger partial charge in [0.1, 0.15) is 17.3 Å². The summed E-state index contributed by atoms with van der Waals surface area (Å²) in [4.78, 5) is 0. The molecule has 0 unspecified atom stereocenters. The van der Waals surface area contributed by atoms with Crippen LogP contribution < -0.4 is 10.0 Å². The molecule has 3 N–H and O–H groups in total. The topological polar surface area (TPSA) is 86.9 Å². The Bertz CT molecular complexity index is 710. The van der Waals surface area contributed by atoms with Crippen molar-refractivity contribution in [3.63, 3.8) is 0 Å². The van der Waals surface area contributed by atoms with Crippen LogP contribution >= 0.6 is 0 Å². The summed E-state index contributed by atoms with van der Waals surface area (Å²) in [7, 11) is -4.16. The second kappa shape index (κ2) is 6.19. The van der Waals surface area contributed by atoms with E-state index in [-0.39, 0.29) is 11.6 Å². The van der Waals surface area contributed by atoms with Crippen molar-refractivity contribution in [1.29, 1.82) is 0 Å². The molecule has 1 heterocycles. The lowest BCUT2D eigenvalue weighted by Gasteiger charge is -2.10. The van der Waals surface area contributed by atoms with Crippen LogP contribution in [0.5, 0.6) is 0 Å². The highest BCUT2D eigenvalue weighted by molar-refractivity contribution is 7.92. The Labute approximate surface area is 120 Å². The number of rotatable bonds is 6. The smallest absolute Gasteiger partial charge is 0.279 e. The van der Waals surface area contributed by atoms with Gasteiger partial charge >= 0.3 is 0 Å². The molecule has 1 aromatic heterocycles. The van der Waals surface area contributed by atoms with Gasteiger partial charge in [-0.2, -0.15) is 13.5 Å². The van der Waals surface area contributed by atoms with E-state index >= 15 is 0 Å². The van der Waals surface area contributed by atoms with Crippen molar-refractivity contribution >= 4 is 15.7 Å². The lowest BCUT2D eigenvalue weighted by atomic mass is 10.3. The first-order valence-corrected chi connectivity index (χ1v) is 7.63. The first-order chi connectivity index (χ1) is 9.95. The lowest BCUT2D eigenvalue weighted by Crippen LogP contribution is -2.19. The maximum absolute atomic E-state index is 13.5. The number of sulfonamides is 1. The van der Waals surface area contributed by atoms with E-state index in [2.05, 4.69) is 15.5 Å². The molecule has 21 heavy (non-hydrogen) atoms. The summed E-state index contributed by atoms with van der Waals surface area (Å²) >= 11 is 0. The predicted molar refractivity (Wildman–Crippen MR) is 73.1 cm³/mol. The molecule has 0 atom stereocenters. The number of aromatic amines is 1. The van der Waals surface area contributed by atoms with Crippen molar-refractivity contribution in [3.05, 3.63) is 41.6 Å². The number of nitrogens with one attached hydrogen (secondary N) is 3. The molecule has 0 saturated carbocycles. The molecule has 6 nitrogen and oxygen atoms in total. The summed E-state index contributed by atoms with van der Waals surface area (Å²) in [6, 6.07) is 3.08. The minimum absolute atomic E-state index is 0.230. The van der Waals surface area contributed by atoms with Crippen molar-refractivity contribution < 1.29 is 17.2 Å². The van der Waals surface area contributed by atoms with Crippen molar-refractivity contribution in [1.82, 2.24) is 15.5 Å². The van der Waals surface area contributed by atoms with Gasteiger partial charge < -0.3 is 5.32 Å². The lowest BCUT2D eigenvalue weighted by molar-refractivity contribution is 0.580. The van der Waals surface area contributed by atoms with Gasteiger partial charge in [-0.15, -0.1) is 0 Å². The molecule has 0 spiro atoms. The van der Waals surface area contributed by atoms with Gasteiger partial charge in [0, 0.05) is 12.1 Å². The number of benzene rings is 1. The van der Waals surface area contributed by atoms with Gasteiger partial charge in [0.05, 0.1) is 6.20 Å². The van der Waals surface area contributed by atoms with Crippen molar-refractivity contribution in [2.24, 2.45) is 0 Å². The fourth-order valence-corrected chi connectivity index (χ4v) is 2.91. The molecule has 2 rings (SSSR count). The molecular formula is C12H14F2N4O2S. The number of hydrogen-bond acceptors (Lipinski definition) is 4. The summed E-state index contributed by atoms with van der Waals surface area (Å²) < 4.78 is 53.4. The van der Waals surface area contributed by atoms with Crippen LogP contribution in [-0.4, -0.2) is 25.2 Å². The second-order valence-electron chi connectivity index (χ2n) is 4.21. The average molecular weight is 316 g/mol. The Hall–Kier alpha value is -2.00. The van der Waals surface area contributed by atoms with Crippen LogP contribution in [0.25, 0.3) is 0 Å². The highest BCUT2D eigenvalue weighted by atomic mass is 32.2. The molecule has 0 bridgehead atoms. The highest BCUT2D eigenvalue weighted by Crippen LogP contribution is 2.22. The Morgan fingerprint density at radius 2 is 1.95 bits per heavy atom. The molecule has 1 aromatic carbocycles. The first-order valence-electron chi connectivity index (χ1n) is 6.15. The maximum Gasteiger partial charge on any atom is 0.279 e. The van der Waals surface area contributed by atoms with Gasteiger partial charge in [-0.3, -0.25) is 9.82 Å². The average Bonchev–Trinajstić information content (AvgIpc) is 2.90. The molecule has 114 valence electrons. The molecule has 9 heteroatoms. The van der Waals surface area contributed by atoms with Crippen molar-refractivity contribution in [2.45, 2.75) is 18.5 Å². The number of aromatic nitrogens is 2. The zero-order valence-electron chi connectivity index (χ0n) is 11.2. The summed E-state index contributed by atoms with van der Waals surface area (Å²) in [6.07, 6.45) is 1.34. The molecule has 0 amide bonds. The number of nitrogens with zero attached hydrogens (tertiary/aromatic N) is 1. The highest BCUT2D eigenvalue weighted by Gasteiger charge is 2.23. The molecular weight excluding hydrogens is 302 g/mol. The summed E-state index contributed by atoms with van der Waals surface area (Å²) in [6.45, 7) is 2.77. The van der Waals surface area contributed by atoms with Crippen LogP contribution in [0, 0.1) is 11.6 Å². The van der Waals surface area contributed by atoms with Crippen LogP contribution in [0.2, 0.25) is 0 Å². The van der Waals surface area contributed by atoms with Gasteiger partial charge in [0.15, 0.2) is 5.03 Å². The number of anilines is 1. The SMILES string of the molecule is CCNCc1cn[nH]c1S(=O)(=O)Nc1c(F)cccc1F. The Morgan fingerprint density at radius 1 is 1.29 bits per heavy atom. The molecule has 0 radical (unpaired) electrons. The number of hydrogen-bond donors (Lipinski definition) is 3. The van der Waals surface area contributed by atoms with Gasteiger partial charge in [-0.25, -0.2) is 8.78 Å². The standard InChI is InChI=1S/C12H14F2N4O2S/c1-2-15-6-8-7-16-17-12(8)21(19,20)18-11-9(13)4-3-5-10(11)14/h3-5,7,15,18H,2,6H2,1H3,(H,16,17). The fourth-order valence-electron chi connectivity index (χ4n) is 1.70. The van der Waals surface area contributed by atoms with Crippen LogP contribution in [0.4, 0.5) is 14.5 Å². The minimum Gasteiger partial charge on any atom is -0.313 e. The molecule has 0 saturated heterocycles. The predicted octanol–water partition coefficient (Wildman–Crippen LogP) is 1.60. The second-order valence-corrected chi connectivity index (χ2v) is 5.83. The monoisotopic (exact) mass is 316 g/mol. The van der Waals surface area contributed by atoms with E-state index in [1.165, 1.54) is 6.20 Å². The Balaban J connectivity index is 2.33. The van der Waals surface area contributed by atoms with Crippen molar-refractivity contribution in [3.8, 4) is 0 Å². The number of halogens is 2. The summed E-state index contributed by atoms with van der Waals surface area (Å²) in [5.41, 5.74) is -0.345. The van der Waals surface area contributed by atoms with Crippen molar-refractivity contribution in [2.75, 3.05) is 11.3 Å². The van der Waals surface area contributed by atoms with Crippen LogP contribution in [0.15, 0.2) is 29.4 Å². The minimum atomic E-state index is -4.16. The summed E-state index contributed by atoms with van der Waals surface area (Å²) in [5, 5.41) is 8.70. The van der Waals surface area contributed by atoms with Gasteiger partial charge in [-0.1, -0.05) is 13.0 Å². The van der Waals surface area contributed by atoms with E-state index in [1.807, 2.05) is 11.6 Å². The Morgan fingerprint density at radius 3 is 2.57 bits per heavy atom. The quantitative estimate of drug-likeness (QED) is 0.755. The number of para-hydroxylation sites is 1. The van der Waals surface area contributed by atoms with E-state index in [0.717, 1.165) is 18.2 Å². The zero-order chi connectivity index (χ0) is 15.5. The van der Waals surface area contributed by atoms with Crippen LogP contribution in [-0.2, 0) is 16.6 Å². The van der Waals surface area contributed by atoms with Gasteiger partial charge in [0.2, 0.25) is 0 Å². The maximum atomic E-state index is 13.5. The molecule has 0 aliphatic rings. The third kappa shape index (κ3) is 3.37. The molecule has 0 fully saturated rings. The van der Waals surface area contributed by atoms with E-state index in [1.54, 1.807) is 0 Å². The number of H-pyrrole nitrogens is 1. The third-order valence-electron chi connectivity index (χ3n) is 2.71. The molecule has 0 aliphatic carbocycles. The molecule has 0 aliphatic heterocycles. The normalized spacial score (nSPS) is 11.6. The van der Waals surface area contributed by atoms with Gasteiger partial charge in [0.25, 0.3) is 10.0 Å². The fraction of sp³-hybridized carbons (Fsp3) is 0.250. The van der Waals surface area contributed by atoms with E-state index < -0.39 is 27.3 Å². The van der Waals surface area contributed by atoms with Crippen LogP contribution in [0.3, 0.4) is 0 Å². The van der Waals surface area contributed by atoms with E-state index in [4.69, 9.17) is 0 Å². The Kier molecular flexibility index (Phi) is 4.53. The first kappa shape index (κ1) is 15.4. The van der Waals surface area contributed by atoms with E-state index in [0.29, 0.717) is 12.1 Å². The zero-order valence-corrected chi connectivity index (χ0v) is 12.0. The van der Waals surface area contributed by atoms with Crippen LogP contribution in [0.1, 0.15) is 12.5 Å². The largest absolute Gasteiger partial charge is 0.313 e. The summed E-state index contributed by atoms with van der Waals surface area (Å²) in [5.74, 6) is -1.99. The van der Waals surface area contributed by atoms with E-state index in [9.17, 15) is 17.2 Å². The molecule has 2 aromatic rings. The van der Waals surface area contributed by atoms with Gasteiger partial charge in [-0.05, 0) is 18.7 Å².